The Hall–Kier alpha value is -1.62. The lowest BCUT2D eigenvalue weighted by Gasteiger charge is -2.07. The van der Waals surface area contributed by atoms with Crippen LogP contribution >= 0.6 is 15.9 Å². The van der Waals surface area contributed by atoms with Crippen molar-refractivity contribution < 1.29 is 0 Å². The molecule has 0 saturated heterocycles. The summed E-state index contributed by atoms with van der Waals surface area (Å²) < 4.78 is 2.51. The van der Waals surface area contributed by atoms with Gasteiger partial charge in [0.1, 0.15) is 0 Å². The Labute approximate surface area is 112 Å². The molecule has 1 N–H and O–H groups in total. The van der Waals surface area contributed by atoms with Crippen molar-refractivity contribution in [3.8, 4) is 0 Å². The number of aromatic amines is 1. The summed E-state index contributed by atoms with van der Waals surface area (Å²) in [7, 11) is 0. The zero-order chi connectivity index (χ0) is 13.1. The quantitative estimate of drug-likeness (QED) is 0.941. The maximum absolute atomic E-state index is 11.7. The van der Waals surface area contributed by atoms with Crippen molar-refractivity contribution in [2.24, 2.45) is 0 Å². The highest BCUT2D eigenvalue weighted by Crippen LogP contribution is 2.10. The molecule has 0 amide bonds. The lowest BCUT2D eigenvalue weighted by Crippen LogP contribution is -2.31. The monoisotopic (exact) mass is 308 g/mol. The Morgan fingerprint density at radius 1 is 1.22 bits per heavy atom. The van der Waals surface area contributed by atoms with E-state index in [2.05, 4.69) is 20.9 Å². The van der Waals surface area contributed by atoms with Crippen LogP contribution in [0.3, 0.4) is 0 Å². The molecule has 0 radical (unpaired) electrons. The van der Waals surface area contributed by atoms with E-state index in [4.69, 9.17) is 0 Å². The molecule has 0 aliphatic rings. The first-order valence-electron chi connectivity index (χ1n) is 5.67. The van der Waals surface area contributed by atoms with Crippen LogP contribution in [0.1, 0.15) is 18.1 Å². The number of halogens is 1. The van der Waals surface area contributed by atoms with Gasteiger partial charge in [-0.05, 0) is 24.1 Å². The predicted octanol–water partition coefficient (Wildman–Crippen LogP) is 1.91. The van der Waals surface area contributed by atoms with Crippen molar-refractivity contribution in [3.63, 3.8) is 0 Å². The first kappa shape index (κ1) is 12.8. The van der Waals surface area contributed by atoms with Crippen LogP contribution in [0, 0.1) is 0 Å². The molecule has 94 valence electrons. The molecule has 1 aromatic heterocycles. The number of nitrogens with one attached hydrogen (secondary N) is 1. The van der Waals surface area contributed by atoms with Crippen molar-refractivity contribution in [2.75, 3.05) is 0 Å². The second-order valence-corrected chi connectivity index (χ2v) is 4.94. The van der Waals surface area contributed by atoms with Gasteiger partial charge in [0.2, 0.25) is 0 Å². The lowest BCUT2D eigenvalue weighted by atomic mass is 10.2. The third-order valence-corrected chi connectivity index (χ3v) is 3.26. The maximum atomic E-state index is 11.7. The molecule has 0 bridgehead atoms. The summed E-state index contributed by atoms with van der Waals surface area (Å²) in [5, 5.41) is 0. The number of nitrogens with zero attached hydrogens (tertiary/aromatic N) is 1. The van der Waals surface area contributed by atoms with Gasteiger partial charge in [-0.15, -0.1) is 0 Å². The number of hydrogen-bond acceptors (Lipinski definition) is 2. The second-order valence-electron chi connectivity index (χ2n) is 4.02. The Kier molecular flexibility index (Phi) is 3.81. The minimum atomic E-state index is -0.375. The fourth-order valence-corrected chi connectivity index (χ4v) is 1.97. The molecule has 18 heavy (non-hydrogen) atoms. The molecule has 0 aliphatic heterocycles. The molecular formula is C13H13BrN2O2. The van der Waals surface area contributed by atoms with E-state index in [9.17, 15) is 9.59 Å². The number of aromatic nitrogens is 2. The van der Waals surface area contributed by atoms with E-state index in [1.54, 1.807) is 6.20 Å². The van der Waals surface area contributed by atoms with Crippen molar-refractivity contribution in [3.05, 3.63) is 66.9 Å². The fraction of sp³-hybridized carbons (Fsp3) is 0.231. The van der Waals surface area contributed by atoms with E-state index in [0.29, 0.717) is 18.5 Å². The summed E-state index contributed by atoms with van der Waals surface area (Å²) in [5.74, 6) is 0. The molecule has 0 saturated carbocycles. The minimum absolute atomic E-state index is 0.297. The first-order valence-corrected chi connectivity index (χ1v) is 6.46. The maximum Gasteiger partial charge on any atom is 0.328 e. The van der Waals surface area contributed by atoms with Crippen molar-refractivity contribution in [1.82, 2.24) is 9.55 Å². The van der Waals surface area contributed by atoms with Crippen LogP contribution in [-0.2, 0) is 13.0 Å². The SMILES string of the molecule is CCc1cn(Cc2ccc(Br)cc2)c(=O)[nH]c1=O. The Bertz CT molecular complexity index is 656. The van der Waals surface area contributed by atoms with Gasteiger partial charge < -0.3 is 0 Å². The molecule has 2 rings (SSSR count). The summed E-state index contributed by atoms with van der Waals surface area (Å²) in [4.78, 5) is 25.5. The normalized spacial score (nSPS) is 10.6. The predicted molar refractivity (Wildman–Crippen MR) is 73.9 cm³/mol. The van der Waals surface area contributed by atoms with Gasteiger partial charge in [-0.25, -0.2) is 4.79 Å². The van der Waals surface area contributed by atoms with Gasteiger partial charge in [0, 0.05) is 16.2 Å². The molecule has 1 aromatic carbocycles. The highest BCUT2D eigenvalue weighted by atomic mass is 79.9. The van der Waals surface area contributed by atoms with E-state index in [-0.39, 0.29) is 11.2 Å². The van der Waals surface area contributed by atoms with E-state index in [1.807, 2.05) is 31.2 Å². The topological polar surface area (TPSA) is 54.9 Å². The third kappa shape index (κ3) is 2.79. The first-order chi connectivity index (χ1) is 8.60. The molecule has 4 nitrogen and oxygen atoms in total. The summed E-state index contributed by atoms with van der Waals surface area (Å²) >= 11 is 3.36. The fourth-order valence-electron chi connectivity index (χ4n) is 1.71. The van der Waals surface area contributed by atoms with E-state index < -0.39 is 0 Å². The van der Waals surface area contributed by atoms with Crippen molar-refractivity contribution in [1.29, 1.82) is 0 Å². The standard InChI is InChI=1S/C13H13BrN2O2/c1-2-10-8-16(13(18)15-12(10)17)7-9-3-5-11(14)6-4-9/h3-6,8H,2,7H2,1H3,(H,15,17,18). The lowest BCUT2D eigenvalue weighted by molar-refractivity contribution is 0.707. The van der Waals surface area contributed by atoms with Crippen LogP contribution in [-0.4, -0.2) is 9.55 Å². The molecule has 0 aliphatic carbocycles. The third-order valence-electron chi connectivity index (χ3n) is 2.73. The number of hydrogen-bond donors (Lipinski definition) is 1. The second kappa shape index (κ2) is 5.35. The van der Waals surface area contributed by atoms with Gasteiger partial charge in [-0.1, -0.05) is 35.0 Å². The van der Waals surface area contributed by atoms with Crippen LogP contribution < -0.4 is 11.2 Å². The Balaban J connectivity index is 2.37. The van der Waals surface area contributed by atoms with Crippen molar-refractivity contribution >= 4 is 15.9 Å². The largest absolute Gasteiger partial charge is 0.328 e. The molecule has 0 atom stereocenters. The molecule has 2 aromatic rings. The van der Waals surface area contributed by atoms with E-state index in [0.717, 1.165) is 10.0 Å². The minimum Gasteiger partial charge on any atom is -0.296 e. The van der Waals surface area contributed by atoms with Gasteiger partial charge in [-0.3, -0.25) is 14.3 Å². The molecular weight excluding hydrogens is 296 g/mol. The summed E-state index contributed by atoms with van der Waals surface area (Å²) in [6, 6.07) is 7.72. The van der Waals surface area contributed by atoms with Crippen LogP contribution in [0.25, 0.3) is 0 Å². The van der Waals surface area contributed by atoms with Gasteiger partial charge in [-0.2, -0.15) is 0 Å². The summed E-state index contributed by atoms with van der Waals surface area (Å²) in [6.45, 7) is 2.34. The summed E-state index contributed by atoms with van der Waals surface area (Å²) in [6.07, 6.45) is 2.24. The van der Waals surface area contributed by atoms with E-state index >= 15 is 0 Å². The Morgan fingerprint density at radius 2 is 1.89 bits per heavy atom. The molecule has 0 unspecified atom stereocenters. The average molecular weight is 309 g/mol. The van der Waals surface area contributed by atoms with Crippen LogP contribution in [0.4, 0.5) is 0 Å². The van der Waals surface area contributed by atoms with Crippen LogP contribution in [0.15, 0.2) is 44.5 Å². The van der Waals surface area contributed by atoms with Gasteiger partial charge in [0.25, 0.3) is 5.56 Å². The number of benzene rings is 1. The molecule has 5 heteroatoms. The number of H-pyrrole nitrogens is 1. The zero-order valence-electron chi connectivity index (χ0n) is 9.94. The van der Waals surface area contributed by atoms with Crippen molar-refractivity contribution in [2.45, 2.75) is 19.9 Å². The van der Waals surface area contributed by atoms with E-state index in [1.165, 1.54) is 4.57 Å². The number of rotatable bonds is 3. The zero-order valence-corrected chi connectivity index (χ0v) is 11.5. The smallest absolute Gasteiger partial charge is 0.296 e. The van der Waals surface area contributed by atoms with Gasteiger partial charge in [0.15, 0.2) is 0 Å². The average Bonchev–Trinajstić information content (AvgIpc) is 2.35. The van der Waals surface area contributed by atoms with Crippen LogP contribution in [0.5, 0.6) is 0 Å². The van der Waals surface area contributed by atoms with Crippen LogP contribution in [0.2, 0.25) is 0 Å². The Morgan fingerprint density at radius 3 is 2.50 bits per heavy atom. The highest BCUT2D eigenvalue weighted by Gasteiger charge is 2.03. The highest BCUT2D eigenvalue weighted by molar-refractivity contribution is 9.10. The molecule has 0 spiro atoms. The van der Waals surface area contributed by atoms with Gasteiger partial charge >= 0.3 is 5.69 Å². The van der Waals surface area contributed by atoms with Gasteiger partial charge in [0.05, 0.1) is 6.54 Å². The molecule has 1 heterocycles. The number of aryl methyl sites for hydroxylation is 1. The summed E-state index contributed by atoms with van der Waals surface area (Å²) in [5.41, 5.74) is 0.954. The molecule has 0 fully saturated rings.